The number of carbonyl (C=O) groups is 1. The van der Waals surface area contributed by atoms with Crippen molar-refractivity contribution in [3.8, 4) is 5.75 Å². The van der Waals surface area contributed by atoms with Crippen LogP contribution >= 0.6 is 0 Å². The van der Waals surface area contributed by atoms with E-state index in [1.807, 2.05) is 0 Å². The van der Waals surface area contributed by atoms with Gasteiger partial charge in [-0.3, -0.25) is 4.79 Å². The monoisotopic (exact) mass is 443 g/mol. The Morgan fingerprint density at radius 1 is 1.35 bits per heavy atom. The normalized spacial score (nSPS) is 14.7. The van der Waals surface area contributed by atoms with Crippen LogP contribution in [0.5, 0.6) is 5.75 Å². The molecule has 1 aromatic carbocycles. The minimum Gasteiger partial charge on any atom is -0.495 e. The summed E-state index contributed by atoms with van der Waals surface area (Å²) < 4.78 is 61.6. The van der Waals surface area contributed by atoms with E-state index in [0.29, 0.717) is 25.5 Å². The smallest absolute Gasteiger partial charge is 0.491 e. The van der Waals surface area contributed by atoms with E-state index in [1.54, 1.807) is 6.92 Å². The number of benzene rings is 1. The number of aromatic nitrogens is 2. The van der Waals surface area contributed by atoms with Gasteiger partial charge in [0, 0.05) is 18.8 Å². The number of rotatable bonds is 8. The molecule has 1 aromatic heterocycles. The zero-order valence-electron chi connectivity index (χ0n) is 16.8. The van der Waals surface area contributed by atoms with E-state index >= 15 is 0 Å². The predicted octanol–water partition coefficient (Wildman–Crippen LogP) is 2.97. The quantitative estimate of drug-likeness (QED) is 0.426. The van der Waals surface area contributed by atoms with Crippen molar-refractivity contribution in [1.29, 1.82) is 0 Å². The number of methoxy groups -OCH3 is 1. The Labute approximate surface area is 175 Å². The molecule has 3 rings (SSSR count). The first-order valence-corrected chi connectivity index (χ1v) is 9.39. The third-order valence-corrected chi connectivity index (χ3v) is 4.74. The van der Waals surface area contributed by atoms with Crippen molar-refractivity contribution >= 4 is 23.4 Å². The van der Waals surface area contributed by atoms with Crippen molar-refractivity contribution in [1.82, 2.24) is 15.3 Å². The maximum Gasteiger partial charge on any atom is 0.491 e. The van der Waals surface area contributed by atoms with Gasteiger partial charge in [0.25, 0.3) is 5.91 Å². The Morgan fingerprint density at radius 3 is 2.61 bits per heavy atom. The summed E-state index contributed by atoms with van der Waals surface area (Å²) >= 11 is 0. The lowest BCUT2D eigenvalue weighted by Crippen LogP contribution is -2.40. The molecule has 31 heavy (non-hydrogen) atoms. The highest BCUT2D eigenvalue weighted by Crippen LogP contribution is 2.42. The van der Waals surface area contributed by atoms with E-state index in [4.69, 9.17) is 4.74 Å². The van der Waals surface area contributed by atoms with Crippen LogP contribution in [0.4, 0.5) is 35.0 Å². The average molecular weight is 443 g/mol. The number of carbonyl (C=O) groups excluding carboxylic acids is 1. The lowest BCUT2D eigenvalue weighted by Gasteiger charge is -2.27. The van der Waals surface area contributed by atoms with Crippen LogP contribution in [0.15, 0.2) is 24.4 Å². The number of nitrogens with zero attached hydrogens (tertiary/aromatic N) is 3. The minimum atomic E-state index is -5.02. The van der Waals surface area contributed by atoms with Crippen LogP contribution in [-0.4, -0.2) is 53.1 Å². The van der Waals surface area contributed by atoms with E-state index in [1.165, 1.54) is 6.07 Å². The first kappa shape index (κ1) is 22.5. The van der Waals surface area contributed by atoms with Crippen molar-refractivity contribution < 1.29 is 32.2 Å². The van der Waals surface area contributed by atoms with Gasteiger partial charge in [-0.2, -0.15) is 4.98 Å². The van der Waals surface area contributed by atoms with Gasteiger partial charge >= 0.3 is 6.30 Å². The van der Waals surface area contributed by atoms with Crippen molar-refractivity contribution in [3.63, 3.8) is 0 Å². The molecule has 3 N–H and O–H groups in total. The molecular formula is C19H21F4N5O3. The molecule has 0 saturated heterocycles. The number of nitrogens with one attached hydrogen (secondary N) is 2. The van der Waals surface area contributed by atoms with Crippen LogP contribution in [0.1, 0.15) is 30.1 Å². The molecule has 0 bridgehead atoms. The van der Waals surface area contributed by atoms with Crippen molar-refractivity contribution in [2.45, 2.75) is 31.6 Å². The molecule has 0 radical (unpaired) electrons. The Hall–Kier alpha value is -3.15. The van der Waals surface area contributed by atoms with Gasteiger partial charge in [0.2, 0.25) is 5.95 Å². The fourth-order valence-electron chi connectivity index (χ4n) is 2.93. The van der Waals surface area contributed by atoms with Crippen LogP contribution < -0.4 is 20.3 Å². The lowest BCUT2D eigenvalue weighted by atomic mass is 10.1. The van der Waals surface area contributed by atoms with Gasteiger partial charge in [0.1, 0.15) is 17.4 Å². The maximum atomic E-state index is 14.8. The standard InChI is InChI=1S/C19H21F4N5O3/c1-3-24-15-4-7-25-17(26-15)28(19(21,22)23)13-9-12(20)11(8-14(13)31-2)16(30)27-18(10-29)5-6-18/h4,7-9,29H,3,5-6,10H2,1-2H3,(H,27,30)(H,24,25,26). The van der Waals surface area contributed by atoms with Gasteiger partial charge < -0.3 is 20.5 Å². The molecule has 168 valence electrons. The van der Waals surface area contributed by atoms with Gasteiger partial charge in [0.05, 0.1) is 30.5 Å². The average Bonchev–Trinajstić information content (AvgIpc) is 3.47. The van der Waals surface area contributed by atoms with E-state index in [-0.39, 0.29) is 17.3 Å². The number of hydrogen-bond acceptors (Lipinski definition) is 7. The number of aliphatic hydroxyl groups excluding tert-OH is 1. The Kier molecular flexibility index (Phi) is 6.20. The number of halogens is 4. The summed E-state index contributed by atoms with van der Waals surface area (Å²) in [6, 6.07) is 2.81. The first-order valence-electron chi connectivity index (χ1n) is 9.39. The topological polar surface area (TPSA) is 99.6 Å². The Morgan fingerprint density at radius 2 is 2.06 bits per heavy atom. The second-order valence-electron chi connectivity index (χ2n) is 6.97. The van der Waals surface area contributed by atoms with Gasteiger partial charge in [-0.05, 0) is 31.9 Å². The summed E-state index contributed by atoms with van der Waals surface area (Å²) in [7, 11) is 1.10. The molecular weight excluding hydrogens is 422 g/mol. The second kappa shape index (κ2) is 8.53. The number of amides is 1. The van der Waals surface area contributed by atoms with Crippen molar-refractivity contribution in [2.75, 3.05) is 30.5 Å². The van der Waals surface area contributed by atoms with Crippen LogP contribution in [0, 0.1) is 5.82 Å². The Bertz CT molecular complexity index is 966. The summed E-state index contributed by atoms with van der Waals surface area (Å²) in [5.41, 5.74) is -2.06. The molecule has 0 aliphatic heterocycles. The molecule has 12 heteroatoms. The molecule has 0 spiro atoms. The molecule has 1 heterocycles. The lowest BCUT2D eigenvalue weighted by molar-refractivity contribution is -0.121. The third kappa shape index (κ3) is 4.79. The molecule has 1 aliphatic rings. The Balaban J connectivity index is 2.05. The number of ether oxygens (including phenoxy) is 1. The van der Waals surface area contributed by atoms with E-state index in [2.05, 4.69) is 20.6 Å². The van der Waals surface area contributed by atoms with Gasteiger partial charge in [0.15, 0.2) is 0 Å². The van der Waals surface area contributed by atoms with Crippen LogP contribution in [0.3, 0.4) is 0 Å². The second-order valence-corrected chi connectivity index (χ2v) is 6.97. The molecule has 1 aliphatic carbocycles. The fraction of sp³-hybridized carbons (Fsp3) is 0.421. The molecule has 1 fully saturated rings. The van der Waals surface area contributed by atoms with Gasteiger partial charge in [-0.15, -0.1) is 13.2 Å². The summed E-state index contributed by atoms with van der Waals surface area (Å²) in [4.78, 5) is 19.7. The van der Waals surface area contributed by atoms with Crippen LogP contribution in [0.25, 0.3) is 0 Å². The van der Waals surface area contributed by atoms with E-state index < -0.39 is 46.5 Å². The number of hydrogen-bond donors (Lipinski definition) is 3. The van der Waals surface area contributed by atoms with Crippen molar-refractivity contribution in [2.24, 2.45) is 0 Å². The highest BCUT2D eigenvalue weighted by Gasteiger charge is 2.45. The third-order valence-electron chi connectivity index (χ3n) is 4.74. The van der Waals surface area contributed by atoms with Crippen LogP contribution in [-0.2, 0) is 0 Å². The number of alkyl halides is 3. The highest BCUT2D eigenvalue weighted by atomic mass is 19.4. The summed E-state index contributed by atoms with van der Waals surface area (Å²) in [6.07, 6.45) is -2.85. The zero-order valence-corrected chi connectivity index (χ0v) is 16.8. The zero-order chi connectivity index (χ0) is 22.8. The molecule has 0 unspecified atom stereocenters. The summed E-state index contributed by atoms with van der Waals surface area (Å²) in [5.74, 6) is -3.07. The highest BCUT2D eigenvalue weighted by molar-refractivity contribution is 5.96. The number of anilines is 3. The summed E-state index contributed by atoms with van der Waals surface area (Å²) in [5, 5.41) is 14.6. The van der Waals surface area contributed by atoms with Gasteiger partial charge in [-0.1, -0.05) is 0 Å². The molecule has 1 saturated carbocycles. The van der Waals surface area contributed by atoms with Crippen LogP contribution in [0.2, 0.25) is 0 Å². The molecule has 2 aromatic rings. The summed E-state index contributed by atoms with van der Waals surface area (Å²) in [6.45, 7) is 1.84. The predicted molar refractivity (Wildman–Crippen MR) is 104 cm³/mol. The molecule has 8 nitrogen and oxygen atoms in total. The minimum absolute atomic E-state index is 0.149. The SMILES string of the molecule is CCNc1ccnc(N(c2cc(F)c(C(=O)NC3(CO)CC3)cc2OC)C(F)(F)F)n1. The molecule has 0 atom stereocenters. The molecule has 1 amide bonds. The number of aliphatic hydroxyl groups is 1. The largest absolute Gasteiger partial charge is 0.495 e. The fourth-order valence-corrected chi connectivity index (χ4v) is 2.93. The van der Waals surface area contributed by atoms with Crippen molar-refractivity contribution in [3.05, 3.63) is 35.8 Å². The van der Waals surface area contributed by atoms with E-state index in [0.717, 1.165) is 19.4 Å². The van der Waals surface area contributed by atoms with Gasteiger partial charge in [-0.25, -0.2) is 14.3 Å². The van der Waals surface area contributed by atoms with E-state index in [9.17, 15) is 27.5 Å². The first-order chi connectivity index (χ1) is 14.6. The maximum absolute atomic E-state index is 14.8.